The molecule has 4 heteroatoms. The molecular weight excluding hydrogens is 276 g/mol. The standard InChI is InChI=1S/C18H22N2O2/c21-17(9-6-14-4-2-1-3-5-14)20-12-10-16(11-13-20)19-18(22)15-7-8-15/h1-6,9,15-16H,7-8,10-13H2,(H,19,22)/b9-6-. The molecule has 1 N–H and O–H groups in total. The number of hydrogen-bond acceptors (Lipinski definition) is 2. The van der Waals surface area contributed by atoms with Gasteiger partial charge in [-0.15, -0.1) is 0 Å². The van der Waals surface area contributed by atoms with E-state index in [2.05, 4.69) is 5.32 Å². The third-order valence-electron chi connectivity index (χ3n) is 4.32. The minimum absolute atomic E-state index is 0.0517. The molecule has 1 aromatic carbocycles. The number of benzene rings is 1. The SMILES string of the molecule is O=C(NC1CCN(C(=O)/C=C\c2ccccc2)CC1)C1CC1. The second-order valence-corrected chi connectivity index (χ2v) is 6.13. The largest absolute Gasteiger partial charge is 0.353 e. The smallest absolute Gasteiger partial charge is 0.246 e. The lowest BCUT2D eigenvalue weighted by atomic mass is 10.0. The van der Waals surface area contributed by atoms with Gasteiger partial charge < -0.3 is 10.2 Å². The second-order valence-electron chi connectivity index (χ2n) is 6.13. The molecule has 1 aliphatic carbocycles. The number of nitrogens with one attached hydrogen (secondary N) is 1. The molecule has 22 heavy (non-hydrogen) atoms. The fraction of sp³-hybridized carbons (Fsp3) is 0.444. The van der Waals surface area contributed by atoms with Crippen molar-refractivity contribution in [3.05, 3.63) is 42.0 Å². The van der Waals surface area contributed by atoms with Gasteiger partial charge in [0, 0.05) is 31.1 Å². The van der Waals surface area contributed by atoms with Crippen LogP contribution < -0.4 is 5.32 Å². The average Bonchev–Trinajstić information content (AvgIpc) is 3.39. The van der Waals surface area contributed by atoms with Crippen LogP contribution in [0.15, 0.2) is 36.4 Å². The lowest BCUT2D eigenvalue weighted by Crippen LogP contribution is -2.46. The summed E-state index contributed by atoms with van der Waals surface area (Å²) < 4.78 is 0. The first-order valence-electron chi connectivity index (χ1n) is 8.05. The van der Waals surface area contributed by atoms with Crippen LogP contribution in [-0.4, -0.2) is 35.8 Å². The number of piperidine rings is 1. The van der Waals surface area contributed by atoms with E-state index in [0.717, 1.165) is 31.2 Å². The zero-order chi connectivity index (χ0) is 15.4. The van der Waals surface area contributed by atoms with Crippen molar-refractivity contribution in [1.29, 1.82) is 0 Å². The first-order valence-corrected chi connectivity index (χ1v) is 8.05. The maximum absolute atomic E-state index is 12.2. The van der Waals surface area contributed by atoms with E-state index in [1.165, 1.54) is 0 Å². The Labute approximate surface area is 131 Å². The maximum atomic E-state index is 12.2. The predicted molar refractivity (Wildman–Crippen MR) is 85.9 cm³/mol. The fourth-order valence-corrected chi connectivity index (χ4v) is 2.75. The van der Waals surface area contributed by atoms with E-state index in [4.69, 9.17) is 0 Å². The maximum Gasteiger partial charge on any atom is 0.246 e. The van der Waals surface area contributed by atoms with Crippen molar-refractivity contribution in [3.8, 4) is 0 Å². The molecule has 4 nitrogen and oxygen atoms in total. The van der Waals surface area contributed by atoms with Gasteiger partial charge in [-0.3, -0.25) is 9.59 Å². The first-order chi connectivity index (χ1) is 10.7. The molecule has 3 rings (SSSR count). The summed E-state index contributed by atoms with van der Waals surface area (Å²) >= 11 is 0. The van der Waals surface area contributed by atoms with Crippen molar-refractivity contribution in [1.82, 2.24) is 10.2 Å². The van der Waals surface area contributed by atoms with Crippen LogP contribution in [0, 0.1) is 5.92 Å². The molecule has 1 saturated heterocycles. The lowest BCUT2D eigenvalue weighted by molar-refractivity contribution is -0.127. The number of carbonyl (C=O) groups excluding carboxylic acids is 2. The van der Waals surface area contributed by atoms with E-state index in [9.17, 15) is 9.59 Å². The van der Waals surface area contributed by atoms with Crippen molar-refractivity contribution >= 4 is 17.9 Å². The topological polar surface area (TPSA) is 49.4 Å². The Hall–Kier alpha value is -2.10. The van der Waals surface area contributed by atoms with Crippen LogP contribution in [0.25, 0.3) is 6.08 Å². The Kier molecular flexibility index (Phi) is 4.56. The van der Waals surface area contributed by atoms with Crippen LogP contribution in [0.4, 0.5) is 0 Å². The molecule has 2 fully saturated rings. The summed E-state index contributed by atoms with van der Waals surface area (Å²) in [6, 6.07) is 10.1. The fourth-order valence-electron chi connectivity index (χ4n) is 2.75. The van der Waals surface area contributed by atoms with Crippen molar-refractivity contribution in [2.75, 3.05) is 13.1 Å². The highest BCUT2D eigenvalue weighted by molar-refractivity contribution is 5.91. The van der Waals surface area contributed by atoms with E-state index in [-0.39, 0.29) is 23.8 Å². The van der Waals surface area contributed by atoms with Gasteiger partial charge in [-0.2, -0.15) is 0 Å². The van der Waals surface area contributed by atoms with E-state index in [1.807, 2.05) is 41.3 Å². The van der Waals surface area contributed by atoms with E-state index < -0.39 is 0 Å². The van der Waals surface area contributed by atoms with Crippen LogP contribution >= 0.6 is 0 Å². The van der Waals surface area contributed by atoms with E-state index >= 15 is 0 Å². The molecule has 2 amide bonds. The Morgan fingerprint density at radius 1 is 1.05 bits per heavy atom. The summed E-state index contributed by atoms with van der Waals surface area (Å²) in [4.78, 5) is 25.8. The summed E-state index contributed by atoms with van der Waals surface area (Å²) in [6.07, 6.45) is 7.26. The van der Waals surface area contributed by atoms with Gasteiger partial charge in [-0.05, 0) is 37.3 Å². The van der Waals surface area contributed by atoms with Gasteiger partial charge in [-0.1, -0.05) is 30.3 Å². The molecule has 0 radical (unpaired) electrons. The molecule has 0 bridgehead atoms. The molecular formula is C18H22N2O2. The minimum atomic E-state index is 0.0517. The lowest BCUT2D eigenvalue weighted by Gasteiger charge is -2.31. The van der Waals surface area contributed by atoms with Crippen molar-refractivity contribution in [2.24, 2.45) is 5.92 Å². The Bertz CT molecular complexity index is 556. The molecule has 0 unspecified atom stereocenters. The van der Waals surface area contributed by atoms with Gasteiger partial charge in [0.25, 0.3) is 0 Å². The van der Waals surface area contributed by atoms with Crippen LogP contribution in [0.1, 0.15) is 31.2 Å². The third-order valence-corrected chi connectivity index (χ3v) is 4.32. The Morgan fingerprint density at radius 3 is 2.36 bits per heavy atom. The predicted octanol–water partition coefficient (Wildman–Crippen LogP) is 2.22. The number of hydrogen-bond donors (Lipinski definition) is 1. The average molecular weight is 298 g/mol. The minimum Gasteiger partial charge on any atom is -0.353 e. The van der Waals surface area contributed by atoms with Gasteiger partial charge in [0.2, 0.25) is 11.8 Å². The van der Waals surface area contributed by atoms with Crippen molar-refractivity contribution in [3.63, 3.8) is 0 Å². The molecule has 0 aromatic heterocycles. The third kappa shape index (κ3) is 3.97. The summed E-state index contributed by atoms with van der Waals surface area (Å²) in [5.41, 5.74) is 1.03. The summed E-state index contributed by atoms with van der Waals surface area (Å²) in [6.45, 7) is 1.43. The molecule has 1 aliphatic heterocycles. The molecule has 116 valence electrons. The highest BCUT2D eigenvalue weighted by Gasteiger charge is 2.32. The zero-order valence-electron chi connectivity index (χ0n) is 12.7. The number of rotatable bonds is 4. The van der Waals surface area contributed by atoms with Crippen molar-refractivity contribution < 1.29 is 9.59 Å². The summed E-state index contributed by atoms with van der Waals surface area (Å²) in [5, 5.41) is 3.10. The molecule has 2 aliphatic rings. The quantitative estimate of drug-likeness (QED) is 0.867. The highest BCUT2D eigenvalue weighted by Crippen LogP contribution is 2.29. The monoisotopic (exact) mass is 298 g/mol. The normalized spacial score (nSPS) is 19.4. The Balaban J connectivity index is 1.45. The van der Waals surface area contributed by atoms with Gasteiger partial charge in [-0.25, -0.2) is 0 Å². The van der Waals surface area contributed by atoms with E-state index in [1.54, 1.807) is 6.08 Å². The number of nitrogens with zero attached hydrogens (tertiary/aromatic N) is 1. The van der Waals surface area contributed by atoms with Crippen LogP contribution in [0.2, 0.25) is 0 Å². The van der Waals surface area contributed by atoms with Crippen LogP contribution in [0.5, 0.6) is 0 Å². The van der Waals surface area contributed by atoms with Crippen LogP contribution in [0.3, 0.4) is 0 Å². The van der Waals surface area contributed by atoms with E-state index in [0.29, 0.717) is 13.1 Å². The molecule has 0 atom stereocenters. The molecule has 1 heterocycles. The number of likely N-dealkylation sites (tertiary alicyclic amines) is 1. The van der Waals surface area contributed by atoms with Gasteiger partial charge in [0.15, 0.2) is 0 Å². The van der Waals surface area contributed by atoms with Gasteiger partial charge in [0.1, 0.15) is 0 Å². The number of amides is 2. The molecule has 1 aromatic rings. The first kappa shape index (κ1) is 14.8. The van der Waals surface area contributed by atoms with Crippen molar-refractivity contribution in [2.45, 2.75) is 31.7 Å². The zero-order valence-corrected chi connectivity index (χ0v) is 12.7. The van der Waals surface area contributed by atoms with Gasteiger partial charge in [0.05, 0.1) is 0 Å². The summed E-state index contributed by atoms with van der Waals surface area (Å²) in [7, 11) is 0. The Morgan fingerprint density at radius 2 is 1.73 bits per heavy atom. The van der Waals surface area contributed by atoms with Gasteiger partial charge >= 0.3 is 0 Å². The summed E-state index contributed by atoms with van der Waals surface area (Å²) in [5.74, 6) is 0.512. The molecule has 0 spiro atoms. The number of carbonyl (C=O) groups is 2. The molecule has 1 saturated carbocycles. The van der Waals surface area contributed by atoms with Crippen LogP contribution in [-0.2, 0) is 9.59 Å². The highest BCUT2D eigenvalue weighted by atomic mass is 16.2. The second kappa shape index (κ2) is 6.77.